The van der Waals surface area contributed by atoms with Crippen LogP contribution in [0.15, 0.2) is 34.9 Å². The molecule has 0 fully saturated rings. The molecule has 1 atom stereocenters. The molecule has 0 saturated carbocycles. The summed E-state index contributed by atoms with van der Waals surface area (Å²) in [5.41, 5.74) is 1.21. The molecule has 7 heteroatoms. The first-order chi connectivity index (χ1) is 11.5. The van der Waals surface area contributed by atoms with Crippen molar-refractivity contribution in [3.05, 3.63) is 47.4 Å². The van der Waals surface area contributed by atoms with E-state index < -0.39 is 17.9 Å². The topological polar surface area (TPSA) is 98.0 Å². The number of rotatable bonds is 7. The molecular weight excluding hydrogens is 314 g/mol. The molecule has 128 valence electrons. The summed E-state index contributed by atoms with van der Waals surface area (Å²) in [5.74, 6) is -0.385. The van der Waals surface area contributed by atoms with Gasteiger partial charge in [0.2, 0.25) is 0 Å². The van der Waals surface area contributed by atoms with Gasteiger partial charge in [-0.25, -0.2) is 0 Å². The van der Waals surface area contributed by atoms with Crippen molar-refractivity contribution in [1.29, 1.82) is 0 Å². The van der Waals surface area contributed by atoms with Crippen LogP contribution < -0.4 is 14.8 Å². The van der Waals surface area contributed by atoms with Crippen LogP contribution in [0.1, 0.15) is 34.1 Å². The van der Waals surface area contributed by atoms with E-state index in [1.54, 1.807) is 31.2 Å². The third-order valence-corrected chi connectivity index (χ3v) is 3.57. The van der Waals surface area contributed by atoms with Crippen molar-refractivity contribution in [2.75, 3.05) is 14.2 Å². The molecule has 2 rings (SSSR count). The van der Waals surface area contributed by atoms with Gasteiger partial charge in [-0.05, 0) is 25.1 Å². The van der Waals surface area contributed by atoms with Crippen LogP contribution in [0.5, 0.6) is 11.5 Å². The highest BCUT2D eigenvalue weighted by Gasteiger charge is 2.24. The molecule has 0 bridgehead atoms. The zero-order chi connectivity index (χ0) is 17.7. The predicted octanol–water partition coefficient (Wildman–Crippen LogP) is 2.55. The largest absolute Gasteiger partial charge is 0.497 e. The summed E-state index contributed by atoms with van der Waals surface area (Å²) in [6.45, 7) is 1.73. The Balaban J connectivity index is 2.33. The lowest BCUT2D eigenvalue weighted by Crippen LogP contribution is -2.30. The number of carbonyl (C=O) groups is 2. The molecule has 0 spiro atoms. The van der Waals surface area contributed by atoms with Gasteiger partial charge in [0.25, 0.3) is 5.91 Å². The minimum absolute atomic E-state index is 0.151. The zero-order valence-corrected chi connectivity index (χ0v) is 13.7. The van der Waals surface area contributed by atoms with E-state index in [-0.39, 0.29) is 12.2 Å². The summed E-state index contributed by atoms with van der Waals surface area (Å²) in [4.78, 5) is 23.6. The molecule has 0 aliphatic carbocycles. The van der Waals surface area contributed by atoms with Gasteiger partial charge in [0.1, 0.15) is 11.5 Å². The monoisotopic (exact) mass is 333 g/mol. The Hall–Kier alpha value is -2.96. The van der Waals surface area contributed by atoms with Crippen molar-refractivity contribution in [2.45, 2.75) is 19.4 Å². The third-order valence-electron chi connectivity index (χ3n) is 3.57. The van der Waals surface area contributed by atoms with Gasteiger partial charge in [-0.1, -0.05) is 0 Å². The van der Waals surface area contributed by atoms with Crippen LogP contribution in [0.3, 0.4) is 0 Å². The molecule has 1 amide bonds. The Labute approximate surface area is 139 Å². The number of hydrogen-bond acceptors (Lipinski definition) is 5. The van der Waals surface area contributed by atoms with Gasteiger partial charge in [0.15, 0.2) is 5.76 Å². The molecule has 0 aliphatic rings. The molecule has 1 aromatic carbocycles. The number of amides is 1. The minimum atomic E-state index is -1.05. The zero-order valence-electron chi connectivity index (χ0n) is 13.7. The summed E-state index contributed by atoms with van der Waals surface area (Å²) in [7, 11) is 2.99. The molecule has 2 aromatic rings. The first kappa shape index (κ1) is 17.4. The number of ether oxygens (including phenoxy) is 2. The normalized spacial score (nSPS) is 11.6. The van der Waals surface area contributed by atoms with Crippen molar-refractivity contribution in [1.82, 2.24) is 5.32 Å². The molecule has 0 radical (unpaired) electrons. The number of aliphatic carboxylic acids is 1. The Morgan fingerprint density at radius 2 is 2.00 bits per heavy atom. The average molecular weight is 333 g/mol. The Kier molecular flexibility index (Phi) is 5.47. The molecule has 24 heavy (non-hydrogen) atoms. The lowest BCUT2D eigenvalue weighted by Gasteiger charge is -2.20. The number of carboxylic acid groups (broad SMARTS) is 1. The van der Waals surface area contributed by atoms with E-state index in [0.29, 0.717) is 22.6 Å². The van der Waals surface area contributed by atoms with Crippen LogP contribution in [0, 0.1) is 6.92 Å². The number of methoxy groups -OCH3 is 2. The highest BCUT2D eigenvalue weighted by molar-refractivity contribution is 5.93. The van der Waals surface area contributed by atoms with E-state index in [4.69, 9.17) is 19.0 Å². The van der Waals surface area contributed by atoms with E-state index in [1.165, 1.54) is 20.5 Å². The second-order valence-electron chi connectivity index (χ2n) is 5.16. The van der Waals surface area contributed by atoms with E-state index in [0.717, 1.165) is 0 Å². The van der Waals surface area contributed by atoms with Crippen molar-refractivity contribution in [3.8, 4) is 11.5 Å². The van der Waals surface area contributed by atoms with Crippen LogP contribution in [-0.4, -0.2) is 31.2 Å². The van der Waals surface area contributed by atoms with Crippen LogP contribution in [0.4, 0.5) is 0 Å². The number of carbonyl (C=O) groups excluding carboxylic acids is 1. The minimum Gasteiger partial charge on any atom is -0.497 e. The first-order valence-corrected chi connectivity index (χ1v) is 7.25. The predicted molar refractivity (Wildman–Crippen MR) is 85.5 cm³/mol. The number of furan rings is 1. The van der Waals surface area contributed by atoms with Gasteiger partial charge < -0.3 is 24.3 Å². The van der Waals surface area contributed by atoms with Gasteiger partial charge in [-0.15, -0.1) is 0 Å². The summed E-state index contributed by atoms with van der Waals surface area (Å²) in [5, 5.41) is 11.9. The van der Waals surface area contributed by atoms with Crippen LogP contribution in [0.25, 0.3) is 0 Å². The number of aryl methyl sites for hydroxylation is 1. The Bertz CT molecular complexity index is 736. The highest BCUT2D eigenvalue weighted by atomic mass is 16.5. The van der Waals surface area contributed by atoms with Gasteiger partial charge in [0, 0.05) is 17.2 Å². The number of nitrogens with one attached hydrogen (secondary N) is 1. The molecule has 7 nitrogen and oxygen atoms in total. The maximum atomic E-state index is 12.4. The smallest absolute Gasteiger partial charge is 0.305 e. The number of carboxylic acids is 1. The van der Waals surface area contributed by atoms with Gasteiger partial charge >= 0.3 is 5.97 Å². The van der Waals surface area contributed by atoms with E-state index in [1.807, 2.05) is 0 Å². The number of benzene rings is 1. The molecule has 1 heterocycles. The molecule has 0 saturated heterocycles. The maximum Gasteiger partial charge on any atom is 0.305 e. The van der Waals surface area contributed by atoms with Gasteiger partial charge in [-0.2, -0.15) is 0 Å². The molecular formula is C17H19NO6. The molecule has 1 unspecified atom stereocenters. The van der Waals surface area contributed by atoms with Gasteiger partial charge in [0.05, 0.1) is 32.9 Å². The standard InChI is InChI=1S/C17H19NO6/c1-10-6-7-24-16(10)17(21)18-13(9-15(19)20)12-5-4-11(22-2)8-14(12)23-3/h4-8,13H,9H2,1-3H3,(H,18,21)(H,19,20). The number of hydrogen-bond donors (Lipinski definition) is 2. The van der Waals surface area contributed by atoms with Gasteiger partial charge in [-0.3, -0.25) is 9.59 Å². The summed E-state index contributed by atoms with van der Waals surface area (Å²) in [6.07, 6.45) is 1.11. The van der Waals surface area contributed by atoms with Crippen LogP contribution in [0.2, 0.25) is 0 Å². The fourth-order valence-corrected chi connectivity index (χ4v) is 2.35. The fraction of sp³-hybridized carbons (Fsp3) is 0.294. The van der Waals surface area contributed by atoms with Crippen molar-refractivity contribution >= 4 is 11.9 Å². The first-order valence-electron chi connectivity index (χ1n) is 7.25. The Morgan fingerprint density at radius 1 is 1.25 bits per heavy atom. The molecule has 0 aliphatic heterocycles. The third kappa shape index (κ3) is 3.87. The second-order valence-corrected chi connectivity index (χ2v) is 5.16. The van der Waals surface area contributed by atoms with E-state index in [2.05, 4.69) is 5.32 Å². The summed E-state index contributed by atoms with van der Waals surface area (Å²) in [6, 6.07) is 5.86. The van der Waals surface area contributed by atoms with Crippen molar-refractivity contribution in [2.24, 2.45) is 0 Å². The molecule has 2 N–H and O–H groups in total. The Morgan fingerprint density at radius 3 is 2.54 bits per heavy atom. The summed E-state index contributed by atoms with van der Waals surface area (Å²) < 4.78 is 15.6. The quantitative estimate of drug-likeness (QED) is 0.808. The lowest BCUT2D eigenvalue weighted by molar-refractivity contribution is -0.137. The molecule has 1 aromatic heterocycles. The van der Waals surface area contributed by atoms with Crippen LogP contribution >= 0.6 is 0 Å². The van der Waals surface area contributed by atoms with Crippen LogP contribution in [-0.2, 0) is 4.79 Å². The van der Waals surface area contributed by atoms with E-state index >= 15 is 0 Å². The average Bonchev–Trinajstić information content (AvgIpc) is 2.99. The highest BCUT2D eigenvalue weighted by Crippen LogP contribution is 2.31. The SMILES string of the molecule is COc1ccc(C(CC(=O)O)NC(=O)c2occc2C)c(OC)c1. The second kappa shape index (κ2) is 7.54. The van der Waals surface area contributed by atoms with Crippen molar-refractivity contribution < 1.29 is 28.6 Å². The maximum absolute atomic E-state index is 12.4. The van der Waals surface area contributed by atoms with E-state index in [9.17, 15) is 9.59 Å². The summed E-state index contributed by atoms with van der Waals surface area (Å²) >= 11 is 0. The fourth-order valence-electron chi connectivity index (χ4n) is 2.35. The van der Waals surface area contributed by atoms with Crippen molar-refractivity contribution in [3.63, 3.8) is 0 Å². The lowest BCUT2D eigenvalue weighted by atomic mass is 10.0.